The topological polar surface area (TPSA) is 41.6 Å². The highest BCUT2D eigenvalue weighted by Gasteiger charge is 2.23. The summed E-state index contributed by atoms with van der Waals surface area (Å²) in [4.78, 5) is 13.6. The molecule has 1 aliphatic heterocycles. The monoisotopic (exact) mass is 282 g/mol. The zero-order chi connectivity index (χ0) is 13.7. The van der Waals surface area contributed by atoms with Crippen molar-refractivity contribution in [3.8, 4) is 0 Å². The molecule has 0 atom stereocenters. The molecule has 106 valence electrons. The van der Waals surface area contributed by atoms with E-state index in [-0.39, 0.29) is 6.09 Å². The van der Waals surface area contributed by atoms with Crippen LogP contribution in [0.25, 0.3) is 0 Å². The summed E-state index contributed by atoms with van der Waals surface area (Å²) < 4.78 is 5.25. The zero-order valence-corrected chi connectivity index (χ0v) is 12.4. The van der Waals surface area contributed by atoms with E-state index in [0.29, 0.717) is 18.6 Å². The number of amides is 1. The lowest BCUT2D eigenvalue weighted by Crippen LogP contribution is -2.42. The Labute approximate surface area is 118 Å². The lowest BCUT2D eigenvalue weighted by Gasteiger charge is -2.32. The Bertz CT molecular complexity index is 384. The van der Waals surface area contributed by atoms with Crippen LogP contribution in [-0.4, -0.2) is 36.7 Å². The normalized spacial score (nSPS) is 16.7. The molecule has 0 saturated carbocycles. The van der Waals surface area contributed by atoms with E-state index >= 15 is 0 Å². The van der Waals surface area contributed by atoms with E-state index in [1.807, 2.05) is 18.7 Å². The molecule has 1 saturated heterocycles. The summed E-state index contributed by atoms with van der Waals surface area (Å²) in [6.45, 7) is 6.15. The quantitative estimate of drug-likeness (QED) is 0.920. The largest absolute Gasteiger partial charge is 0.449 e. The standard InChI is InChI=1S/C14H22N2O2S/c1-11(2)9-18-14(17)16-6-3-12(4-7-16)15-13-5-8-19-10-13/h5,8,10-12,15H,3-4,6-7,9H2,1-2H3. The lowest BCUT2D eigenvalue weighted by atomic mass is 10.1. The second-order valence-corrected chi connectivity index (χ2v) is 6.17. The third kappa shape index (κ3) is 4.42. The molecule has 4 nitrogen and oxygen atoms in total. The van der Waals surface area contributed by atoms with Crippen molar-refractivity contribution in [3.05, 3.63) is 16.8 Å². The molecule has 0 aliphatic carbocycles. The second-order valence-electron chi connectivity index (χ2n) is 5.39. The molecule has 19 heavy (non-hydrogen) atoms. The minimum Gasteiger partial charge on any atom is -0.449 e. The summed E-state index contributed by atoms with van der Waals surface area (Å²) in [5.74, 6) is 0.391. The van der Waals surface area contributed by atoms with Crippen LogP contribution >= 0.6 is 11.3 Å². The molecule has 2 rings (SSSR count). The van der Waals surface area contributed by atoms with Gasteiger partial charge in [-0.05, 0) is 30.2 Å². The number of hydrogen-bond donors (Lipinski definition) is 1. The van der Waals surface area contributed by atoms with Gasteiger partial charge >= 0.3 is 6.09 Å². The molecule has 0 bridgehead atoms. The number of carbonyl (C=O) groups is 1. The molecule has 1 N–H and O–H groups in total. The number of ether oxygens (including phenoxy) is 1. The Kier molecular flexibility index (Phi) is 5.07. The molecule has 1 fully saturated rings. The first-order chi connectivity index (χ1) is 9.15. The number of nitrogens with zero attached hydrogens (tertiary/aromatic N) is 1. The summed E-state index contributed by atoms with van der Waals surface area (Å²) >= 11 is 1.70. The maximum atomic E-state index is 11.8. The average molecular weight is 282 g/mol. The van der Waals surface area contributed by atoms with Crippen molar-refractivity contribution < 1.29 is 9.53 Å². The van der Waals surface area contributed by atoms with Crippen LogP contribution in [0, 0.1) is 5.92 Å². The molecule has 5 heteroatoms. The van der Waals surface area contributed by atoms with Crippen molar-refractivity contribution in [2.24, 2.45) is 5.92 Å². The van der Waals surface area contributed by atoms with Gasteiger partial charge in [-0.2, -0.15) is 11.3 Å². The number of piperidine rings is 1. The van der Waals surface area contributed by atoms with E-state index in [9.17, 15) is 4.79 Å². The smallest absolute Gasteiger partial charge is 0.409 e. The van der Waals surface area contributed by atoms with E-state index < -0.39 is 0 Å². The zero-order valence-electron chi connectivity index (χ0n) is 11.6. The lowest BCUT2D eigenvalue weighted by molar-refractivity contribution is 0.0845. The van der Waals surface area contributed by atoms with Crippen LogP contribution in [0.15, 0.2) is 16.8 Å². The fraction of sp³-hybridized carbons (Fsp3) is 0.643. The van der Waals surface area contributed by atoms with Crippen molar-refractivity contribution in [2.75, 3.05) is 25.0 Å². The summed E-state index contributed by atoms with van der Waals surface area (Å²) in [5.41, 5.74) is 1.19. The van der Waals surface area contributed by atoms with Crippen molar-refractivity contribution in [1.82, 2.24) is 4.90 Å². The van der Waals surface area contributed by atoms with Crippen LogP contribution in [-0.2, 0) is 4.74 Å². The Hall–Kier alpha value is -1.23. The third-order valence-electron chi connectivity index (χ3n) is 3.19. The fourth-order valence-corrected chi connectivity index (χ4v) is 2.71. The van der Waals surface area contributed by atoms with Crippen LogP contribution in [0.2, 0.25) is 0 Å². The number of likely N-dealkylation sites (tertiary alicyclic amines) is 1. The Morgan fingerprint density at radius 2 is 2.26 bits per heavy atom. The maximum absolute atomic E-state index is 11.8. The van der Waals surface area contributed by atoms with Crippen molar-refractivity contribution in [3.63, 3.8) is 0 Å². The summed E-state index contributed by atoms with van der Waals surface area (Å²) in [6.07, 6.45) is 1.79. The molecule has 2 heterocycles. The Morgan fingerprint density at radius 3 is 2.84 bits per heavy atom. The summed E-state index contributed by atoms with van der Waals surface area (Å²) in [5, 5.41) is 7.69. The van der Waals surface area contributed by atoms with Gasteiger partial charge in [0, 0.05) is 30.2 Å². The van der Waals surface area contributed by atoms with E-state index in [4.69, 9.17) is 4.74 Å². The van der Waals surface area contributed by atoms with Gasteiger partial charge in [-0.1, -0.05) is 13.8 Å². The van der Waals surface area contributed by atoms with Gasteiger partial charge in [0.25, 0.3) is 0 Å². The van der Waals surface area contributed by atoms with Gasteiger partial charge in [-0.15, -0.1) is 0 Å². The molecule has 1 amide bonds. The Balaban J connectivity index is 1.71. The van der Waals surface area contributed by atoms with Gasteiger partial charge in [0.05, 0.1) is 6.61 Å². The molecule has 0 radical (unpaired) electrons. The first-order valence-corrected chi connectivity index (χ1v) is 7.80. The van der Waals surface area contributed by atoms with E-state index in [1.54, 1.807) is 11.3 Å². The number of nitrogens with one attached hydrogen (secondary N) is 1. The van der Waals surface area contributed by atoms with Crippen molar-refractivity contribution in [1.29, 1.82) is 0 Å². The number of carbonyl (C=O) groups excluding carboxylic acids is 1. The molecular formula is C14H22N2O2S. The maximum Gasteiger partial charge on any atom is 0.409 e. The van der Waals surface area contributed by atoms with Gasteiger partial charge in [0.2, 0.25) is 0 Å². The first kappa shape index (κ1) is 14.2. The molecule has 1 aromatic heterocycles. The molecular weight excluding hydrogens is 260 g/mol. The predicted octanol–water partition coefficient (Wildman–Crippen LogP) is 3.42. The minimum absolute atomic E-state index is 0.164. The van der Waals surface area contributed by atoms with Gasteiger partial charge in [-0.25, -0.2) is 4.79 Å². The van der Waals surface area contributed by atoms with Crippen molar-refractivity contribution >= 4 is 23.1 Å². The van der Waals surface area contributed by atoms with E-state index in [1.165, 1.54) is 5.69 Å². The first-order valence-electron chi connectivity index (χ1n) is 6.85. The third-order valence-corrected chi connectivity index (χ3v) is 3.87. The number of rotatable bonds is 4. The van der Waals surface area contributed by atoms with Crippen molar-refractivity contribution in [2.45, 2.75) is 32.7 Å². The number of anilines is 1. The molecule has 0 unspecified atom stereocenters. The Morgan fingerprint density at radius 1 is 1.53 bits per heavy atom. The van der Waals surface area contributed by atoms with Crippen LogP contribution in [0.4, 0.5) is 10.5 Å². The van der Waals surface area contributed by atoms with E-state index in [2.05, 4.69) is 22.1 Å². The average Bonchev–Trinajstić information content (AvgIpc) is 2.89. The highest BCUT2D eigenvalue weighted by atomic mass is 32.1. The van der Waals surface area contributed by atoms with Gasteiger partial charge in [-0.3, -0.25) is 0 Å². The van der Waals surface area contributed by atoms with Crippen LogP contribution in [0.1, 0.15) is 26.7 Å². The minimum atomic E-state index is -0.164. The number of thiophene rings is 1. The van der Waals surface area contributed by atoms with Gasteiger partial charge in [0.15, 0.2) is 0 Å². The molecule has 0 aromatic carbocycles. The number of hydrogen-bond acceptors (Lipinski definition) is 4. The highest BCUT2D eigenvalue weighted by Crippen LogP contribution is 2.19. The predicted molar refractivity (Wildman–Crippen MR) is 78.7 cm³/mol. The van der Waals surface area contributed by atoms with Crippen LogP contribution in [0.3, 0.4) is 0 Å². The molecule has 1 aliphatic rings. The van der Waals surface area contributed by atoms with Crippen LogP contribution < -0.4 is 5.32 Å². The molecule has 1 aromatic rings. The summed E-state index contributed by atoms with van der Waals surface area (Å²) in [7, 11) is 0. The molecule has 0 spiro atoms. The fourth-order valence-electron chi connectivity index (χ4n) is 2.12. The highest BCUT2D eigenvalue weighted by molar-refractivity contribution is 7.08. The van der Waals surface area contributed by atoms with E-state index in [0.717, 1.165) is 25.9 Å². The summed E-state index contributed by atoms with van der Waals surface area (Å²) in [6, 6.07) is 2.55. The van der Waals surface area contributed by atoms with Gasteiger partial charge in [0.1, 0.15) is 0 Å². The van der Waals surface area contributed by atoms with Crippen LogP contribution in [0.5, 0.6) is 0 Å². The van der Waals surface area contributed by atoms with Gasteiger partial charge < -0.3 is 15.0 Å². The second kappa shape index (κ2) is 6.80. The SMILES string of the molecule is CC(C)COC(=O)N1CCC(Nc2ccsc2)CC1.